The van der Waals surface area contributed by atoms with Gasteiger partial charge in [-0.3, -0.25) is 9.59 Å². The predicted octanol–water partition coefficient (Wildman–Crippen LogP) is 5.06. The number of furan rings is 1. The molecule has 0 unspecified atom stereocenters. The first-order chi connectivity index (χ1) is 16.6. The number of rotatable bonds is 7. The largest absolute Gasteiger partial charge is 0.463 e. The summed E-state index contributed by atoms with van der Waals surface area (Å²) in [5.41, 5.74) is 4.89. The van der Waals surface area contributed by atoms with Crippen LogP contribution in [0.1, 0.15) is 64.9 Å². The van der Waals surface area contributed by atoms with E-state index in [0.29, 0.717) is 23.0 Å². The number of carbonyl (C=O) groups is 2. The Bertz CT molecular complexity index is 1210. The summed E-state index contributed by atoms with van der Waals surface area (Å²) in [6.45, 7) is 11.7. The SMILES string of the molecule is Cc1ccc(NC(=O)c2c(NC(=O)C[NH2+]Cc3ccco3)sc3c2CC[C@H](C(C)(C)C)C3)c(C)c1. The molecule has 0 aliphatic heterocycles. The van der Waals surface area contributed by atoms with Crippen molar-refractivity contribution in [1.82, 2.24) is 0 Å². The van der Waals surface area contributed by atoms with Crippen LogP contribution >= 0.6 is 11.3 Å². The Kier molecular flexibility index (Phi) is 7.47. The highest BCUT2D eigenvalue weighted by atomic mass is 32.1. The minimum atomic E-state index is -0.154. The van der Waals surface area contributed by atoms with Gasteiger partial charge in [0.05, 0.1) is 11.8 Å². The van der Waals surface area contributed by atoms with Crippen molar-refractivity contribution in [2.24, 2.45) is 11.3 Å². The lowest BCUT2D eigenvalue weighted by atomic mass is 9.72. The number of thiophene rings is 1. The second-order valence-electron chi connectivity index (χ2n) is 10.6. The topological polar surface area (TPSA) is 88.0 Å². The Labute approximate surface area is 211 Å². The molecule has 0 radical (unpaired) electrons. The number of nitrogens with one attached hydrogen (secondary N) is 2. The number of amides is 2. The minimum Gasteiger partial charge on any atom is -0.463 e. The molecule has 0 spiro atoms. The molecular weight excluding hydrogens is 458 g/mol. The van der Waals surface area contributed by atoms with Crippen molar-refractivity contribution in [2.75, 3.05) is 17.2 Å². The lowest BCUT2D eigenvalue weighted by Gasteiger charge is -2.33. The van der Waals surface area contributed by atoms with Crippen molar-refractivity contribution in [3.8, 4) is 0 Å². The summed E-state index contributed by atoms with van der Waals surface area (Å²) >= 11 is 1.56. The number of quaternary nitrogens is 1. The van der Waals surface area contributed by atoms with E-state index in [2.05, 4.69) is 37.5 Å². The molecule has 7 heteroatoms. The van der Waals surface area contributed by atoms with E-state index in [1.165, 1.54) is 4.88 Å². The second kappa shape index (κ2) is 10.4. The van der Waals surface area contributed by atoms with Crippen LogP contribution in [-0.4, -0.2) is 18.4 Å². The standard InChI is InChI=1S/C28H35N3O3S/c1-17-8-11-22(18(2)13-17)30-26(33)25-21-10-9-19(28(3,4)5)14-23(21)35-27(25)31-24(32)16-29-15-20-7-6-12-34-20/h6-8,11-13,19,29H,9-10,14-16H2,1-5H3,(H,30,33)(H,31,32)/p+1/t19-/m0/s1. The molecule has 6 nitrogen and oxygen atoms in total. The summed E-state index contributed by atoms with van der Waals surface area (Å²) in [7, 11) is 0. The molecule has 0 saturated heterocycles. The Balaban J connectivity index is 1.56. The number of anilines is 2. The molecule has 2 heterocycles. The number of fused-ring (bicyclic) bond motifs is 1. The molecule has 35 heavy (non-hydrogen) atoms. The van der Waals surface area contributed by atoms with Crippen molar-refractivity contribution < 1.29 is 19.3 Å². The molecular formula is C28H36N3O3S+. The average Bonchev–Trinajstić information content (AvgIpc) is 3.42. The fraction of sp³-hybridized carbons (Fsp3) is 0.429. The summed E-state index contributed by atoms with van der Waals surface area (Å²) in [6, 6.07) is 9.73. The molecule has 0 bridgehead atoms. The zero-order valence-electron chi connectivity index (χ0n) is 21.3. The first-order valence-electron chi connectivity index (χ1n) is 12.3. The minimum absolute atomic E-state index is 0.122. The first-order valence-corrected chi connectivity index (χ1v) is 13.1. The fourth-order valence-electron chi connectivity index (χ4n) is 4.74. The number of benzene rings is 1. The van der Waals surface area contributed by atoms with Crippen LogP contribution in [0, 0.1) is 25.2 Å². The summed E-state index contributed by atoms with van der Waals surface area (Å²) in [5.74, 6) is 1.10. The van der Waals surface area contributed by atoms with E-state index in [-0.39, 0.29) is 23.8 Å². The maximum absolute atomic E-state index is 13.6. The molecule has 1 aromatic carbocycles. The Hall–Kier alpha value is -2.90. The molecule has 2 amide bonds. The van der Waals surface area contributed by atoms with Gasteiger partial charge in [-0.1, -0.05) is 38.5 Å². The van der Waals surface area contributed by atoms with Crippen molar-refractivity contribution in [3.63, 3.8) is 0 Å². The highest BCUT2D eigenvalue weighted by Crippen LogP contribution is 2.44. The third-order valence-corrected chi connectivity index (χ3v) is 8.03. The summed E-state index contributed by atoms with van der Waals surface area (Å²) in [5, 5.41) is 8.70. The van der Waals surface area contributed by atoms with E-state index in [1.807, 2.05) is 43.4 Å². The van der Waals surface area contributed by atoms with Crippen LogP contribution in [0.15, 0.2) is 41.0 Å². The molecule has 186 valence electrons. The molecule has 3 aromatic rings. The zero-order chi connectivity index (χ0) is 25.2. The first kappa shape index (κ1) is 25.2. The van der Waals surface area contributed by atoms with Crippen LogP contribution in [0.25, 0.3) is 0 Å². The van der Waals surface area contributed by atoms with Gasteiger partial charge in [-0.05, 0) is 73.8 Å². The Morgan fingerprint density at radius 3 is 2.66 bits per heavy atom. The maximum Gasteiger partial charge on any atom is 0.280 e. The van der Waals surface area contributed by atoms with Gasteiger partial charge in [-0.25, -0.2) is 0 Å². The maximum atomic E-state index is 13.6. The summed E-state index contributed by atoms with van der Waals surface area (Å²) < 4.78 is 5.34. The number of carbonyl (C=O) groups excluding carboxylic acids is 2. The molecule has 1 aliphatic carbocycles. The van der Waals surface area contributed by atoms with Crippen LogP contribution in [0.3, 0.4) is 0 Å². The van der Waals surface area contributed by atoms with Gasteiger partial charge in [0.2, 0.25) is 0 Å². The van der Waals surface area contributed by atoms with Crippen molar-refractivity contribution in [2.45, 2.75) is 60.4 Å². The van der Waals surface area contributed by atoms with Crippen LogP contribution in [0.2, 0.25) is 0 Å². The predicted molar refractivity (Wildman–Crippen MR) is 141 cm³/mol. The highest BCUT2D eigenvalue weighted by Gasteiger charge is 2.34. The van der Waals surface area contributed by atoms with Gasteiger partial charge >= 0.3 is 0 Å². The summed E-state index contributed by atoms with van der Waals surface area (Å²) in [6.07, 6.45) is 4.46. The van der Waals surface area contributed by atoms with Gasteiger partial charge in [0.25, 0.3) is 11.8 Å². The molecule has 4 rings (SSSR count). The van der Waals surface area contributed by atoms with Gasteiger partial charge in [0, 0.05) is 10.6 Å². The molecule has 0 fully saturated rings. The lowest BCUT2D eigenvalue weighted by molar-refractivity contribution is -0.661. The third kappa shape index (κ3) is 6.03. The zero-order valence-corrected chi connectivity index (χ0v) is 22.1. The van der Waals surface area contributed by atoms with E-state index >= 15 is 0 Å². The van der Waals surface area contributed by atoms with Crippen LogP contribution in [0.4, 0.5) is 10.7 Å². The lowest BCUT2D eigenvalue weighted by Crippen LogP contribution is -2.84. The van der Waals surface area contributed by atoms with Gasteiger partial charge < -0.3 is 20.4 Å². The van der Waals surface area contributed by atoms with E-state index in [1.54, 1.807) is 17.6 Å². The number of aryl methyl sites for hydroxylation is 2. The molecule has 1 aliphatic rings. The third-order valence-electron chi connectivity index (χ3n) is 6.86. The van der Waals surface area contributed by atoms with Gasteiger partial charge in [-0.15, -0.1) is 11.3 Å². The smallest absolute Gasteiger partial charge is 0.280 e. The number of hydrogen-bond acceptors (Lipinski definition) is 4. The number of hydrogen-bond donors (Lipinski definition) is 3. The normalized spacial score (nSPS) is 15.5. The summed E-state index contributed by atoms with van der Waals surface area (Å²) in [4.78, 5) is 27.6. The highest BCUT2D eigenvalue weighted by molar-refractivity contribution is 7.17. The number of nitrogens with two attached hydrogens (primary N) is 1. The van der Waals surface area contributed by atoms with E-state index < -0.39 is 0 Å². The monoisotopic (exact) mass is 494 g/mol. The van der Waals surface area contributed by atoms with E-state index in [9.17, 15) is 9.59 Å². The van der Waals surface area contributed by atoms with Crippen molar-refractivity contribution >= 4 is 33.8 Å². The second-order valence-corrected chi connectivity index (χ2v) is 11.7. The quantitative estimate of drug-likeness (QED) is 0.429. The van der Waals surface area contributed by atoms with E-state index in [0.717, 1.165) is 47.4 Å². The van der Waals surface area contributed by atoms with Crippen LogP contribution in [-0.2, 0) is 24.2 Å². The fourth-order valence-corrected chi connectivity index (χ4v) is 6.09. The van der Waals surface area contributed by atoms with Crippen molar-refractivity contribution in [1.29, 1.82) is 0 Å². The van der Waals surface area contributed by atoms with Crippen molar-refractivity contribution in [3.05, 3.63) is 69.5 Å². The van der Waals surface area contributed by atoms with Gasteiger partial charge in [0.1, 0.15) is 11.5 Å². The molecule has 4 N–H and O–H groups in total. The molecule has 0 saturated carbocycles. The Morgan fingerprint density at radius 2 is 1.97 bits per heavy atom. The van der Waals surface area contributed by atoms with Crippen LogP contribution < -0.4 is 16.0 Å². The van der Waals surface area contributed by atoms with Gasteiger partial charge in [-0.2, -0.15) is 0 Å². The van der Waals surface area contributed by atoms with Crippen LogP contribution in [0.5, 0.6) is 0 Å². The Morgan fingerprint density at radius 1 is 1.17 bits per heavy atom. The van der Waals surface area contributed by atoms with E-state index in [4.69, 9.17) is 4.42 Å². The van der Waals surface area contributed by atoms with Gasteiger partial charge in [0.15, 0.2) is 12.3 Å². The molecule has 1 atom stereocenters. The average molecular weight is 495 g/mol. The molecule has 2 aromatic heterocycles.